The van der Waals surface area contributed by atoms with E-state index in [1.807, 2.05) is 129 Å². The summed E-state index contributed by atoms with van der Waals surface area (Å²) in [5, 5.41) is 46.0. The summed E-state index contributed by atoms with van der Waals surface area (Å²) in [6.45, 7) is 49.2. The SMILES string of the molecule is Cc1ccc(C(OC[C@H]2O[C@@H](OCCc3ccc(O[Si](C)(C)C(C)(C)C)c(O[Si](C)(C)C(C)(C)C)c3)[C@H](O)[C@@H](O[C@@H]3O[C@@H](C)[C@H](O)[C@@H](O)[C@H]3O)[C@@H]2OC(=O)/C=C/c2ccc(O[Si](C)(C)C(C)(C)C)c(O[Si](C)(C)C(C)(C)C)c2)(c2ccccc2)c2ccc(C)cc2)cc1. The van der Waals surface area contributed by atoms with Crippen molar-refractivity contribution >= 4 is 45.3 Å². The Kier molecular flexibility index (Phi) is 23.5. The third-order valence-corrected chi connectivity index (χ3v) is 37.6. The van der Waals surface area contributed by atoms with Crippen LogP contribution in [0.25, 0.3) is 6.08 Å². The topological polar surface area (TPSA) is 190 Å². The van der Waals surface area contributed by atoms with Crippen molar-refractivity contribution in [1.82, 2.24) is 0 Å². The molecule has 2 aliphatic heterocycles. The monoisotopic (exact) mass is 1350 g/mol. The summed E-state index contributed by atoms with van der Waals surface area (Å²) < 4.78 is 68.1. The Morgan fingerprint density at radius 1 is 0.505 bits per heavy atom. The van der Waals surface area contributed by atoms with E-state index in [0.29, 0.717) is 35.0 Å². The van der Waals surface area contributed by atoms with Crippen LogP contribution in [0.3, 0.4) is 0 Å². The zero-order valence-electron chi connectivity index (χ0n) is 59.8. The molecule has 7 rings (SSSR count). The molecule has 0 aliphatic carbocycles. The van der Waals surface area contributed by atoms with Crippen LogP contribution in [-0.2, 0) is 45.2 Å². The lowest BCUT2D eigenvalue weighted by atomic mass is 9.79. The lowest BCUT2D eigenvalue weighted by molar-refractivity contribution is -0.359. The standard InChI is InChI=1S/C74H110O15Si4/c1-48-29-36-54(37-30-48)74(53-27-25-24-26-28-53,55-38-31-49(2)32-39-55)81-47-60-66(84-61(75)42-35-51-33-40-56(86-90(16,17)70(4,5)6)58(45-51)88-92(20,21)72(10,11)12)67(85-69-64(78)63(77)62(76)50(3)82-69)65(79)68(83-60)80-44-43-52-34-41-57(87-91(18,19)71(7,8)9)59(46-52)89-93(22,23)73(13,14)15/h24-42,45-46,50,60,62-69,76-79H,43-44,47H2,1-23H3/b42-35+/t50-,60+,62-,63+,64+,65+,66+,67+,68+,69-/m0/s1. The Morgan fingerprint density at radius 2 is 0.957 bits per heavy atom. The number of hydrogen-bond donors (Lipinski definition) is 4. The number of carbonyl (C=O) groups is 1. The van der Waals surface area contributed by atoms with Crippen molar-refractivity contribution in [3.63, 3.8) is 0 Å². The van der Waals surface area contributed by atoms with E-state index < -0.39 is 106 Å². The van der Waals surface area contributed by atoms with Crippen LogP contribution in [0.4, 0.5) is 0 Å². The van der Waals surface area contributed by atoms with E-state index in [1.54, 1.807) is 6.08 Å². The summed E-state index contributed by atoms with van der Waals surface area (Å²) in [4.78, 5) is 14.9. The molecule has 2 aliphatic rings. The van der Waals surface area contributed by atoms with E-state index in [9.17, 15) is 25.2 Å². The van der Waals surface area contributed by atoms with Crippen LogP contribution in [0.15, 0.2) is 121 Å². The van der Waals surface area contributed by atoms with E-state index >= 15 is 0 Å². The molecular weight excluding hydrogens is 1240 g/mol. The van der Waals surface area contributed by atoms with E-state index in [4.69, 9.17) is 46.1 Å². The molecule has 5 aromatic rings. The molecule has 2 fully saturated rings. The average molecular weight is 1350 g/mol. The zero-order chi connectivity index (χ0) is 69.2. The third-order valence-electron chi connectivity index (χ3n) is 20.3. The number of esters is 1. The molecule has 0 aromatic heterocycles. The van der Waals surface area contributed by atoms with Gasteiger partial charge in [0.05, 0.1) is 19.3 Å². The Hall–Kier alpha value is -4.98. The van der Waals surface area contributed by atoms with E-state index in [2.05, 4.69) is 135 Å². The van der Waals surface area contributed by atoms with Gasteiger partial charge in [-0.25, -0.2) is 4.79 Å². The van der Waals surface area contributed by atoms with Crippen molar-refractivity contribution in [3.8, 4) is 23.0 Å². The lowest BCUT2D eigenvalue weighted by Crippen LogP contribution is -2.65. The molecule has 0 bridgehead atoms. The number of aliphatic hydroxyl groups is 4. The molecule has 0 radical (unpaired) electrons. The van der Waals surface area contributed by atoms with Gasteiger partial charge in [-0.15, -0.1) is 0 Å². The van der Waals surface area contributed by atoms with Crippen molar-refractivity contribution in [2.45, 2.75) is 250 Å². The van der Waals surface area contributed by atoms with Crippen molar-refractivity contribution in [3.05, 3.63) is 160 Å². The van der Waals surface area contributed by atoms with Crippen LogP contribution < -0.4 is 17.7 Å². The Bertz CT molecular complexity index is 3260. The Morgan fingerprint density at radius 3 is 1.44 bits per heavy atom. The van der Waals surface area contributed by atoms with Crippen LogP contribution in [-0.4, -0.2) is 134 Å². The second-order valence-electron chi connectivity index (χ2n) is 31.7. The molecule has 0 saturated carbocycles. The summed E-state index contributed by atoms with van der Waals surface area (Å²) in [5.74, 6) is 1.72. The minimum atomic E-state index is -2.43. The third kappa shape index (κ3) is 17.8. The first-order valence-electron chi connectivity index (χ1n) is 32.9. The van der Waals surface area contributed by atoms with Crippen LogP contribution in [0, 0.1) is 13.8 Å². The number of rotatable bonds is 23. The van der Waals surface area contributed by atoms with Gasteiger partial charge in [-0.1, -0.05) is 185 Å². The number of aliphatic hydroxyl groups excluding tert-OH is 4. The van der Waals surface area contributed by atoms with Crippen molar-refractivity contribution in [1.29, 1.82) is 0 Å². The molecule has 10 atom stereocenters. The van der Waals surface area contributed by atoms with Crippen LogP contribution in [0.2, 0.25) is 72.5 Å². The molecule has 4 N–H and O–H groups in total. The van der Waals surface area contributed by atoms with Gasteiger partial charge in [0.2, 0.25) is 0 Å². The minimum absolute atomic E-state index is 0.0171. The second-order valence-corrected chi connectivity index (χ2v) is 50.6. The molecule has 512 valence electrons. The maximum atomic E-state index is 14.9. The highest BCUT2D eigenvalue weighted by molar-refractivity contribution is 6.76. The van der Waals surface area contributed by atoms with Crippen LogP contribution in [0.1, 0.15) is 129 Å². The fourth-order valence-corrected chi connectivity index (χ4v) is 14.0. The average Bonchev–Trinajstić information content (AvgIpc) is 0.768. The van der Waals surface area contributed by atoms with E-state index in [0.717, 1.165) is 33.4 Å². The van der Waals surface area contributed by atoms with E-state index in [-0.39, 0.29) is 33.4 Å². The normalized spacial score (nSPS) is 23.2. The fourth-order valence-electron chi connectivity index (χ4n) is 9.96. The smallest absolute Gasteiger partial charge is 0.331 e. The highest BCUT2D eigenvalue weighted by Crippen LogP contribution is 2.48. The van der Waals surface area contributed by atoms with Gasteiger partial charge in [0.15, 0.2) is 18.7 Å². The number of ether oxygens (including phenoxy) is 6. The summed E-state index contributed by atoms with van der Waals surface area (Å²) >= 11 is 0. The molecule has 0 spiro atoms. The summed E-state index contributed by atoms with van der Waals surface area (Å²) in [6, 6.07) is 37.7. The van der Waals surface area contributed by atoms with Crippen LogP contribution in [0.5, 0.6) is 23.0 Å². The molecule has 2 saturated heterocycles. The van der Waals surface area contributed by atoms with Gasteiger partial charge in [0.25, 0.3) is 33.3 Å². The predicted octanol–water partition coefficient (Wildman–Crippen LogP) is 15.3. The fraction of sp³-hybridized carbons (Fsp3) is 0.554. The maximum absolute atomic E-state index is 14.9. The van der Waals surface area contributed by atoms with Gasteiger partial charge >= 0.3 is 5.97 Å². The molecule has 5 aromatic carbocycles. The van der Waals surface area contributed by atoms with Gasteiger partial charge in [-0.05, 0) is 158 Å². The summed E-state index contributed by atoms with van der Waals surface area (Å²) in [6.07, 6.45) is -12.0. The number of hydrogen-bond acceptors (Lipinski definition) is 15. The van der Waals surface area contributed by atoms with Gasteiger partial charge in [-0.2, -0.15) is 0 Å². The van der Waals surface area contributed by atoms with E-state index in [1.165, 1.54) is 13.0 Å². The first kappa shape index (κ1) is 75.4. The Balaban J connectivity index is 1.33. The minimum Gasteiger partial charge on any atom is -0.541 e. The van der Waals surface area contributed by atoms with Crippen molar-refractivity contribution < 1.29 is 71.3 Å². The number of aryl methyl sites for hydroxylation is 2. The zero-order valence-corrected chi connectivity index (χ0v) is 63.8. The largest absolute Gasteiger partial charge is 0.541 e. The Labute approximate surface area is 560 Å². The summed E-state index contributed by atoms with van der Waals surface area (Å²) in [5.41, 5.74) is 4.67. The molecule has 2 heterocycles. The van der Waals surface area contributed by atoms with Gasteiger partial charge < -0.3 is 66.6 Å². The van der Waals surface area contributed by atoms with Gasteiger partial charge in [-0.3, -0.25) is 0 Å². The molecule has 0 unspecified atom stereocenters. The molecule has 0 amide bonds. The molecule has 15 nitrogen and oxygen atoms in total. The van der Waals surface area contributed by atoms with Gasteiger partial charge in [0.1, 0.15) is 65.2 Å². The second kappa shape index (κ2) is 29.0. The highest BCUT2D eigenvalue weighted by Gasteiger charge is 2.54. The predicted molar refractivity (Wildman–Crippen MR) is 379 cm³/mol. The molecule has 19 heteroatoms. The van der Waals surface area contributed by atoms with Gasteiger partial charge in [0, 0.05) is 6.08 Å². The number of carbonyl (C=O) groups excluding carboxylic acids is 1. The van der Waals surface area contributed by atoms with Crippen LogP contribution >= 0.6 is 0 Å². The first-order chi connectivity index (χ1) is 42.9. The first-order valence-corrected chi connectivity index (χ1v) is 44.6. The quantitative estimate of drug-likeness (QED) is 0.0209. The lowest BCUT2D eigenvalue weighted by Gasteiger charge is -2.47. The van der Waals surface area contributed by atoms with Crippen molar-refractivity contribution in [2.75, 3.05) is 13.2 Å². The highest BCUT2D eigenvalue weighted by atomic mass is 28.4. The maximum Gasteiger partial charge on any atom is 0.331 e. The van der Waals surface area contributed by atoms with Crippen molar-refractivity contribution in [2.24, 2.45) is 0 Å². The number of benzene rings is 5. The molecule has 93 heavy (non-hydrogen) atoms. The summed E-state index contributed by atoms with van der Waals surface area (Å²) in [7, 11) is -9.47. The molecular formula is C74H110O15Si4.